The summed E-state index contributed by atoms with van der Waals surface area (Å²) in [4.78, 5) is 0. The maximum absolute atomic E-state index is 14.4. The Kier molecular flexibility index (Phi) is 3.57. The molecule has 1 saturated heterocycles. The fraction of sp³-hybridized carbons (Fsp3) is 0.333. The Morgan fingerprint density at radius 3 is 2.61 bits per heavy atom. The molecule has 0 N–H and O–H groups in total. The van der Waals surface area contributed by atoms with Gasteiger partial charge >= 0.3 is 0 Å². The van der Waals surface area contributed by atoms with E-state index in [4.69, 9.17) is 4.74 Å². The van der Waals surface area contributed by atoms with Gasteiger partial charge in [0.25, 0.3) is 5.85 Å². The molecule has 1 nitrogen and oxygen atoms in total. The second-order valence-electron chi connectivity index (χ2n) is 6.50. The van der Waals surface area contributed by atoms with Crippen LogP contribution in [-0.4, -0.2) is 6.10 Å². The quantitative estimate of drug-likeness (QED) is 0.515. The van der Waals surface area contributed by atoms with Crippen molar-refractivity contribution in [1.82, 2.24) is 0 Å². The first-order chi connectivity index (χ1) is 11.2. The number of ether oxygens (including phenoxy) is 1. The average Bonchev–Trinajstić information content (AvgIpc) is 3.27. The van der Waals surface area contributed by atoms with Gasteiger partial charge in [0.15, 0.2) is 0 Å². The Morgan fingerprint density at radius 2 is 1.83 bits per heavy atom. The van der Waals surface area contributed by atoms with E-state index in [2.05, 4.69) is 37.3 Å². The van der Waals surface area contributed by atoms with Crippen molar-refractivity contribution in [2.24, 2.45) is 0 Å². The van der Waals surface area contributed by atoms with E-state index in [-0.39, 0.29) is 6.10 Å². The van der Waals surface area contributed by atoms with Gasteiger partial charge in [0.1, 0.15) is 6.10 Å². The summed E-state index contributed by atoms with van der Waals surface area (Å²) < 4.78 is 19.5. The van der Waals surface area contributed by atoms with Crippen LogP contribution in [0, 0.1) is 0 Å². The molecule has 0 aromatic heterocycles. The molecule has 1 heterocycles. The first-order valence-corrected chi connectivity index (χ1v) is 8.49. The highest BCUT2D eigenvalue weighted by atomic mass is 19.2. The molecule has 2 atom stereocenters. The van der Waals surface area contributed by atoms with Crippen molar-refractivity contribution < 1.29 is 9.13 Å². The number of rotatable bonds is 5. The summed E-state index contributed by atoms with van der Waals surface area (Å²) in [7, 11) is 0. The topological polar surface area (TPSA) is 12.5 Å². The fourth-order valence-corrected chi connectivity index (χ4v) is 3.36. The molecule has 2 unspecified atom stereocenters. The predicted molar refractivity (Wildman–Crippen MR) is 91.8 cm³/mol. The third-order valence-electron chi connectivity index (χ3n) is 4.83. The molecular formula is C21H21FO. The van der Waals surface area contributed by atoms with Crippen LogP contribution in [0.1, 0.15) is 42.9 Å². The van der Waals surface area contributed by atoms with Crippen LogP contribution in [0.25, 0.3) is 17.2 Å². The van der Waals surface area contributed by atoms with Gasteiger partial charge in [0.2, 0.25) is 0 Å². The van der Waals surface area contributed by atoms with Crippen LogP contribution >= 0.6 is 0 Å². The lowest BCUT2D eigenvalue weighted by Crippen LogP contribution is -2.09. The molecule has 0 radical (unpaired) electrons. The summed E-state index contributed by atoms with van der Waals surface area (Å²) in [5.41, 5.74) is 5.26. The maximum atomic E-state index is 14.4. The Labute approximate surface area is 136 Å². The predicted octanol–water partition coefficient (Wildman–Crippen LogP) is 5.63. The van der Waals surface area contributed by atoms with Gasteiger partial charge in [-0.1, -0.05) is 62.2 Å². The Bertz CT molecular complexity index is 747. The Morgan fingerprint density at radius 1 is 1.04 bits per heavy atom. The summed E-state index contributed by atoms with van der Waals surface area (Å²) >= 11 is 0. The van der Waals surface area contributed by atoms with Crippen molar-refractivity contribution in [3.8, 4) is 11.1 Å². The summed E-state index contributed by atoms with van der Waals surface area (Å²) in [5.74, 6) is -1.58. The lowest BCUT2D eigenvalue weighted by Gasteiger charge is -2.13. The van der Waals surface area contributed by atoms with Gasteiger partial charge in [0.05, 0.1) is 0 Å². The summed E-state index contributed by atoms with van der Waals surface area (Å²) in [6, 6.07) is 14.6. The van der Waals surface area contributed by atoms with Crippen molar-refractivity contribution in [3.63, 3.8) is 0 Å². The van der Waals surface area contributed by atoms with E-state index in [0.717, 1.165) is 17.5 Å². The van der Waals surface area contributed by atoms with E-state index in [1.54, 1.807) is 0 Å². The number of alkyl halides is 1. The highest BCUT2D eigenvalue weighted by Crippen LogP contribution is 2.52. The first-order valence-electron chi connectivity index (χ1n) is 8.49. The van der Waals surface area contributed by atoms with E-state index in [1.807, 2.05) is 24.3 Å². The molecule has 0 bridgehead atoms. The number of fused-ring (bicyclic) bond motifs is 3. The van der Waals surface area contributed by atoms with Crippen LogP contribution in [0.4, 0.5) is 4.39 Å². The van der Waals surface area contributed by atoms with E-state index < -0.39 is 5.85 Å². The normalized spacial score (nSPS) is 24.2. The van der Waals surface area contributed by atoms with Crippen LogP contribution in [0.2, 0.25) is 0 Å². The Hall–Kier alpha value is -1.93. The summed E-state index contributed by atoms with van der Waals surface area (Å²) in [6.07, 6.45) is 8.32. The standard InChI is InChI=1S/C21H21FO/c1-2-3-4-5-15-6-8-16(9-7-15)17-10-12-19-18(14-17)11-13-20-21(19,22)23-20/h6-14,20H,2-5H2,1H3. The van der Waals surface area contributed by atoms with Gasteiger partial charge in [-0.15, -0.1) is 0 Å². The minimum Gasteiger partial charge on any atom is -0.326 e. The van der Waals surface area contributed by atoms with Crippen LogP contribution in [0.3, 0.4) is 0 Å². The maximum Gasteiger partial charge on any atom is 0.267 e. The van der Waals surface area contributed by atoms with Crippen molar-refractivity contribution >= 4 is 6.08 Å². The van der Waals surface area contributed by atoms with Gasteiger partial charge < -0.3 is 4.74 Å². The molecule has 23 heavy (non-hydrogen) atoms. The van der Waals surface area contributed by atoms with E-state index in [1.165, 1.54) is 30.4 Å². The highest BCUT2D eigenvalue weighted by Gasteiger charge is 2.60. The van der Waals surface area contributed by atoms with Gasteiger partial charge in [-0.05, 0) is 47.2 Å². The third-order valence-corrected chi connectivity index (χ3v) is 4.83. The molecule has 1 fully saturated rings. The largest absolute Gasteiger partial charge is 0.326 e. The lowest BCUT2D eigenvalue weighted by molar-refractivity contribution is 0.141. The smallest absolute Gasteiger partial charge is 0.267 e. The van der Waals surface area contributed by atoms with Crippen LogP contribution in [0.15, 0.2) is 48.5 Å². The zero-order chi connectivity index (χ0) is 15.9. The molecule has 0 spiro atoms. The number of hydrogen-bond donors (Lipinski definition) is 0. The molecule has 2 aromatic carbocycles. The second kappa shape index (κ2) is 5.61. The van der Waals surface area contributed by atoms with Gasteiger partial charge in [-0.25, -0.2) is 4.39 Å². The van der Waals surface area contributed by atoms with Crippen LogP contribution in [-0.2, 0) is 17.0 Å². The minimum atomic E-state index is -1.58. The number of unbranched alkanes of at least 4 members (excludes halogenated alkanes) is 2. The molecule has 0 amide bonds. The molecule has 2 aromatic rings. The number of hydrogen-bond acceptors (Lipinski definition) is 1. The van der Waals surface area contributed by atoms with E-state index in [0.29, 0.717) is 5.56 Å². The SMILES string of the molecule is CCCCCc1ccc(-c2ccc3c(c2)C=CC2OC32F)cc1. The Balaban J connectivity index is 1.56. The zero-order valence-electron chi connectivity index (χ0n) is 13.4. The van der Waals surface area contributed by atoms with Gasteiger partial charge in [-0.2, -0.15) is 0 Å². The van der Waals surface area contributed by atoms with Gasteiger partial charge in [-0.3, -0.25) is 0 Å². The molecule has 2 heteroatoms. The molecule has 1 aliphatic carbocycles. The summed E-state index contributed by atoms with van der Waals surface area (Å²) in [6.45, 7) is 2.23. The fourth-order valence-electron chi connectivity index (χ4n) is 3.36. The lowest BCUT2D eigenvalue weighted by atomic mass is 9.92. The zero-order valence-corrected chi connectivity index (χ0v) is 13.4. The molecule has 1 aliphatic heterocycles. The number of halogens is 1. The number of epoxide rings is 1. The van der Waals surface area contributed by atoms with Crippen LogP contribution < -0.4 is 0 Å². The molecule has 0 saturated carbocycles. The van der Waals surface area contributed by atoms with E-state index in [9.17, 15) is 4.39 Å². The summed E-state index contributed by atoms with van der Waals surface area (Å²) in [5, 5.41) is 0. The number of benzene rings is 2. The average molecular weight is 308 g/mol. The van der Waals surface area contributed by atoms with Crippen molar-refractivity contribution in [1.29, 1.82) is 0 Å². The second-order valence-corrected chi connectivity index (χ2v) is 6.50. The van der Waals surface area contributed by atoms with Gasteiger partial charge in [0, 0.05) is 5.56 Å². The first kappa shape index (κ1) is 14.6. The minimum absolute atomic E-state index is 0.386. The van der Waals surface area contributed by atoms with Crippen molar-refractivity contribution in [3.05, 3.63) is 65.2 Å². The van der Waals surface area contributed by atoms with E-state index >= 15 is 0 Å². The highest BCUT2D eigenvalue weighted by molar-refractivity contribution is 5.71. The van der Waals surface area contributed by atoms with Crippen LogP contribution in [0.5, 0.6) is 0 Å². The number of aryl methyl sites for hydroxylation is 1. The molecule has 118 valence electrons. The van der Waals surface area contributed by atoms with Crippen molar-refractivity contribution in [2.75, 3.05) is 0 Å². The molecule has 2 aliphatic rings. The van der Waals surface area contributed by atoms with Crippen molar-refractivity contribution in [2.45, 2.75) is 44.6 Å². The molecule has 4 rings (SSSR count). The third kappa shape index (κ3) is 2.61. The monoisotopic (exact) mass is 308 g/mol. The molecular weight excluding hydrogens is 287 g/mol.